The maximum Gasteiger partial charge on any atom is 0.324 e. The molecule has 5 heteroatoms. The van der Waals surface area contributed by atoms with Gasteiger partial charge in [0.05, 0.1) is 0 Å². The average molecular weight is 368 g/mol. The highest BCUT2D eigenvalue weighted by molar-refractivity contribution is 9.10. The molecule has 22 heavy (non-hydrogen) atoms. The minimum atomic E-state index is -1.58. The molecule has 0 saturated carbocycles. The number of benzene rings is 1. The van der Waals surface area contributed by atoms with Crippen molar-refractivity contribution in [3.05, 3.63) is 46.5 Å². The average Bonchev–Trinajstić information content (AvgIpc) is 2.39. The second kappa shape index (κ2) is 7.20. The van der Waals surface area contributed by atoms with Gasteiger partial charge >= 0.3 is 5.97 Å². The van der Waals surface area contributed by atoms with Crippen LogP contribution in [0.5, 0.6) is 0 Å². The molecule has 1 aromatic rings. The fourth-order valence-corrected chi connectivity index (χ4v) is 2.94. The zero-order chi connectivity index (χ0) is 17.1. The Morgan fingerprint density at radius 1 is 1.32 bits per heavy atom. The molecule has 0 fully saturated rings. The van der Waals surface area contributed by atoms with Gasteiger partial charge in [-0.1, -0.05) is 48.5 Å². The Hall–Kier alpha value is -1.46. The molecule has 0 spiro atoms. The second-order valence-corrected chi connectivity index (χ2v) is 6.93. The minimum Gasteiger partial charge on any atom is -0.480 e. The van der Waals surface area contributed by atoms with Crippen LogP contribution in [0.25, 0.3) is 0 Å². The largest absolute Gasteiger partial charge is 0.480 e. The SMILES string of the molecule is C=C(C(C)=O)[C@@H](c1ccc(Br)cc1)[C@@](N)(CC(C)C)C(=O)O. The first-order valence-electron chi connectivity index (χ1n) is 7.07. The van der Waals surface area contributed by atoms with Crippen LogP contribution in [0.3, 0.4) is 0 Å². The van der Waals surface area contributed by atoms with Gasteiger partial charge < -0.3 is 10.8 Å². The normalized spacial score (nSPS) is 15.2. The van der Waals surface area contributed by atoms with Crippen molar-refractivity contribution in [1.29, 1.82) is 0 Å². The topological polar surface area (TPSA) is 80.4 Å². The van der Waals surface area contributed by atoms with Crippen molar-refractivity contribution in [1.82, 2.24) is 0 Å². The highest BCUT2D eigenvalue weighted by Crippen LogP contribution is 2.38. The third kappa shape index (κ3) is 4.05. The molecule has 120 valence electrons. The van der Waals surface area contributed by atoms with E-state index in [1.807, 2.05) is 13.8 Å². The lowest BCUT2D eigenvalue weighted by Crippen LogP contribution is -2.54. The van der Waals surface area contributed by atoms with E-state index in [9.17, 15) is 14.7 Å². The Balaban J connectivity index is 3.47. The van der Waals surface area contributed by atoms with Gasteiger partial charge in [-0.05, 0) is 42.5 Å². The summed E-state index contributed by atoms with van der Waals surface area (Å²) in [5.74, 6) is -2.08. The molecule has 1 aromatic carbocycles. The summed E-state index contributed by atoms with van der Waals surface area (Å²) in [5.41, 5.74) is 5.58. The lowest BCUT2D eigenvalue weighted by atomic mass is 9.71. The van der Waals surface area contributed by atoms with E-state index >= 15 is 0 Å². The van der Waals surface area contributed by atoms with Crippen LogP contribution in [0.1, 0.15) is 38.7 Å². The Morgan fingerprint density at radius 2 is 1.82 bits per heavy atom. The zero-order valence-corrected chi connectivity index (χ0v) is 14.7. The van der Waals surface area contributed by atoms with E-state index in [1.165, 1.54) is 6.92 Å². The summed E-state index contributed by atoms with van der Waals surface area (Å²) in [6.45, 7) is 8.99. The van der Waals surface area contributed by atoms with Crippen LogP contribution in [0.15, 0.2) is 40.9 Å². The van der Waals surface area contributed by atoms with E-state index in [4.69, 9.17) is 5.73 Å². The molecule has 0 radical (unpaired) electrons. The van der Waals surface area contributed by atoms with Gasteiger partial charge in [0.1, 0.15) is 5.54 Å². The van der Waals surface area contributed by atoms with Gasteiger partial charge in [0, 0.05) is 10.4 Å². The lowest BCUT2D eigenvalue weighted by Gasteiger charge is -2.36. The van der Waals surface area contributed by atoms with Gasteiger partial charge in [-0.2, -0.15) is 0 Å². The summed E-state index contributed by atoms with van der Waals surface area (Å²) in [6, 6.07) is 7.14. The summed E-state index contributed by atoms with van der Waals surface area (Å²) < 4.78 is 0.866. The molecule has 3 N–H and O–H groups in total. The van der Waals surface area contributed by atoms with Crippen molar-refractivity contribution >= 4 is 27.7 Å². The third-order valence-corrected chi connectivity index (χ3v) is 4.19. The van der Waals surface area contributed by atoms with Crippen LogP contribution in [-0.4, -0.2) is 22.4 Å². The predicted molar refractivity (Wildman–Crippen MR) is 90.7 cm³/mol. The molecule has 0 aliphatic rings. The van der Waals surface area contributed by atoms with Gasteiger partial charge in [0.15, 0.2) is 5.78 Å². The third-order valence-electron chi connectivity index (χ3n) is 3.66. The molecule has 0 aromatic heterocycles. The van der Waals surface area contributed by atoms with Gasteiger partial charge in [-0.3, -0.25) is 9.59 Å². The molecule has 0 amide bonds. The number of carbonyl (C=O) groups excluding carboxylic acids is 1. The van der Waals surface area contributed by atoms with Crippen LogP contribution in [0, 0.1) is 5.92 Å². The summed E-state index contributed by atoms with van der Waals surface area (Å²) >= 11 is 3.34. The number of carboxylic acids is 1. The maximum atomic E-state index is 11.9. The van der Waals surface area contributed by atoms with Crippen molar-refractivity contribution < 1.29 is 14.7 Å². The molecule has 0 bridgehead atoms. The van der Waals surface area contributed by atoms with Crippen LogP contribution < -0.4 is 5.73 Å². The number of hydrogen-bond donors (Lipinski definition) is 2. The van der Waals surface area contributed by atoms with E-state index < -0.39 is 17.4 Å². The molecule has 0 saturated heterocycles. The summed E-state index contributed by atoms with van der Waals surface area (Å²) in [7, 11) is 0. The Bertz CT molecular complexity index is 580. The zero-order valence-electron chi connectivity index (χ0n) is 13.1. The Kier molecular flexibility index (Phi) is 6.08. The summed E-state index contributed by atoms with van der Waals surface area (Å²) in [6.07, 6.45) is 0.245. The van der Waals surface area contributed by atoms with Crippen molar-refractivity contribution in [3.63, 3.8) is 0 Å². The molecule has 0 heterocycles. The van der Waals surface area contributed by atoms with Crippen molar-refractivity contribution in [3.8, 4) is 0 Å². The first-order chi connectivity index (χ1) is 10.1. The van der Waals surface area contributed by atoms with E-state index in [0.717, 1.165) is 4.47 Å². The van der Waals surface area contributed by atoms with Gasteiger partial charge in [0.2, 0.25) is 0 Å². The molecule has 0 aliphatic heterocycles. The highest BCUT2D eigenvalue weighted by Gasteiger charge is 2.45. The predicted octanol–water partition coefficient (Wildman–Crippen LogP) is 3.51. The second-order valence-electron chi connectivity index (χ2n) is 6.01. The first-order valence-corrected chi connectivity index (χ1v) is 7.86. The quantitative estimate of drug-likeness (QED) is 0.722. The molecule has 1 rings (SSSR count). The fourth-order valence-electron chi connectivity index (χ4n) is 2.67. The molecular weight excluding hydrogens is 346 g/mol. The molecule has 0 unspecified atom stereocenters. The van der Waals surface area contributed by atoms with Crippen LogP contribution >= 0.6 is 15.9 Å². The first kappa shape index (κ1) is 18.6. The number of carboxylic acid groups (broad SMARTS) is 1. The number of halogens is 1. The van der Waals surface area contributed by atoms with E-state index in [1.54, 1.807) is 24.3 Å². The van der Waals surface area contributed by atoms with E-state index in [2.05, 4.69) is 22.5 Å². The molecular formula is C17H22BrNO3. The number of nitrogens with two attached hydrogens (primary N) is 1. The summed E-state index contributed by atoms with van der Waals surface area (Å²) in [5, 5.41) is 9.71. The fraction of sp³-hybridized carbons (Fsp3) is 0.412. The molecule has 2 atom stereocenters. The standard InChI is InChI=1S/C17H22BrNO3/c1-10(2)9-17(19,16(21)22)15(11(3)12(4)20)13-5-7-14(18)8-6-13/h5-8,10,15H,3,9,19H2,1-2,4H3,(H,21,22)/t15-,17-/m0/s1. The van der Waals surface area contributed by atoms with Gasteiger partial charge in [-0.15, -0.1) is 0 Å². The van der Waals surface area contributed by atoms with Crippen LogP contribution in [0.2, 0.25) is 0 Å². The lowest BCUT2D eigenvalue weighted by molar-refractivity contribution is -0.144. The minimum absolute atomic E-state index is 0.0683. The summed E-state index contributed by atoms with van der Waals surface area (Å²) in [4.78, 5) is 23.7. The molecule has 4 nitrogen and oxygen atoms in total. The van der Waals surface area contributed by atoms with Gasteiger partial charge in [0.25, 0.3) is 0 Å². The van der Waals surface area contributed by atoms with Crippen LogP contribution in [0.4, 0.5) is 0 Å². The van der Waals surface area contributed by atoms with E-state index in [-0.39, 0.29) is 23.7 Å². The number of hydrogen-bond acceptors (Lipinski definition) is 3. The van der Waals surface area contributed by atoms with Crippen molar-refractivity contribution in [2.24, 2.45) is 11.7 Å². The number of ketones is 1. The molecule has 0 aliphatic carbocycles. The monoisotopic (exact) mass is 367 g/mol. The van der Waals surface area contributed by atoms with Gasteiger partial charge in [-0.25, -0.2) is 0 Å². The Morgan fingerprint density at radius 3 is 2.18 bits per heavy atom. The Labute approximate surface area is 139 Å². The van der Waals surface area contributed by atoms with Crippen LogP contribution in [-0.2, 0) is 9.59 Å². The number of aliphatic carboxylic acids is 1. The maximum absolute atomic E-state index is 11.9. The van der Waals surface area contributed by atoms with Crippen molar-refractivity contribution in [2.45, 2.75) is 38.6 Å². The number of Topliss-reactive ketones (excluding diaryl/α,β-unsaturated/α-hetero) is 1. The number of rotatable bonds is 7. The number of carbonyl (C=O) groups is 2. The smallest absolute Gasteiger partial charge is 0.324 e. The highest BCUT2D eigenvalue weighted by atomic mass is 79.9. The van der Waals surface area contributed by atoms with E-state index in [0.29, 0.717) is 5.56 Å². The van der Waals surface area contributed by atoms with Crippen molar-refractivity contribution in [2.75, 3.05) is 0 Å².